The van der Waals surface area contributed by atoms with Gasteiger partial charge in [0.05, 0.1) is 34.4 Å². The van der Waals surface area contributed by atoms with Gasteiger partial charge in [-0.25, -0.2) is 4.79 Å². The number of hydrogen-bond acceptors (Lipinski definition) is 6. The van der Waals surface area contributed by atoms with Gasteiger partial charge in [0.25, 0.3) is 0 Å². The summed E-state index contributed by atoms with van der Waals surface area (Å²) in [6.07, 6.45) is 58.5. The summed E-state index contributed by atoms with van der Waals surface area (Å²) in [5.74, 6) is -1.44. The zero-order chi connectivity index (χ0) is 49.2. The second-order valence-corrected chi connectivity index (χ2v) is 21.3. The number of nitrogens with zero attached hydrogens (tertiary/aromatic N) is 1. The van der Waals surface area contributed by atoms with E-state index in [2.05, 4.69) is 26.0 Å². The Hall–Kier alpha value is -1.93. The predicted octanol–water partition coefficient (Wildman–Crippen LogP) is 17.4. The maximum absolute atomic E-state index is 12.8. The van der Waals surface area contributed by atoms with Crippen LogP contribution in [0.4, 0.5) is 0 Å². The second kappa shape index (κ2) is 50.5. The molecule has 0 saturated carbocycles. The zero-order valence-corrected chi connectivity index (χ0v) is 45.4. The van der Waals surface area contributed by atoms with E-state index in [0.717, 1.165) is 38.5 Å². The highest BCUT2D eigenvalue weighted by Gasteiger charge is 2.31. The lowest BCUT2D eigenvalue weighted by Crippen LogP contribution is -2.50. The van der Waals surface area contributed by atoms with Crippen LogP contribution in [0.3, 0.4) is 0 Å². The molecule has 0 aromatic rings. The van der Waals surface area contributed by atoms with Gasteiger partial charge >= 0.3 is 17.9 Å². The van der Waals surface area contributed by atoms with Gasteiger partial charge in [-0.3, -0.25) is 9.59 Å². The first kappa shape index (κ1) is 65.1. The SMILES string of the molecule is CCCCCCCCCC/C=C\CCCCCCCCCCCCCC(=O)OC(COCCC(C(=O)O)[N+](C)(C)C)COC(=O)CCCCCCCCCCCCCCCCCCCCCC. The molecular weight excluding hydrogens is 835 g/mol. The number of carbonyl (C=O) groups excluding carboxylic acids is 2. The van der Waals surface area contributed by atoms with E-state index in [1.807, 2.05) is 21.1 Å². The molecule has 0 spiro atoms. The van der Waals surface area contributed by atoms with E-state index >= 15 is 0 Å². The first-order chi connectivity index (χ1) is 32.6. The van der Waals surface area contributed by atoms with E-state index in [4.69, 9.17) is 14.2 Å². The smallest absolute Gasteiger partial charge is 0.362 e. The summed E-state index contributed by atoms with van der Waals surface area (Å²) in [6.45, 7) is 4.80. The minimum absolute atomic E-state index is 0.0437. The van der Waals surface area contributed by atoms with Crippen LogP contribution in [-0.4, -0.2) is 80.6 Å². The Balaban J connectivity index is 4.12. The highest BCUT2D eigenvalue weighted by atomic mass is 16.6. The van der Waals surface area contributed by atoms with Crippen LogP contribution in [-0.2, 0) is 28.6 Å². The van der Waals surface area contributed by atoms with E-state index in [1.54, 1.807) is 0 Å². The average molecular weight is 950 g/mol. The molecule has 0 aromatic heterocycles. The molecule has 2 atom stereocenters. The summed E-state index contributed by atoms with van der Waals surface area (Å²) in [5.41, 5.74) is 0. The van der Waals surface area contributed by atoms with Crippen molar-refractivity contribution in [1.82, 2.24) is 0 Å². The first-order valence-electron chi connectivity index (χ1n) is 29.2. The number of esters is 2. The number of rotatable bonds is 54. The Kier molecular flexibility index (Phi) is 49.0. The molecule has 1 N–H and O–H groups in total. The zero-order valence-electron chi connectivity index (χ0n) is 45.4. The summed E-state index contributed by atoms with van der Waals surface area (Å²) in [7, 11) is 5.56. The van der Waals surface area contributed by atoms with Gasteiger partial charge in [0.15, 0.2) is 12.1 Å². The molecule has 0 amide bonds. The van der Waals surface area contributed by atoms with Crippen molar-refractivity contribution in [3.8, 4) is 0 Å². The molecule has 0 aliphatic rings. The maximum atomic E-state index is 12.8. The predicted molar refractivity (Wildman–Crippen MR) is 285 cm³/mol. The largest absolute Gasteiger partial charge is 0.477 e. The molecule has 8 heteroatoms. The quantitative estimate of drug-likeness (QED) is 0.0281. The molecule has 0 heterocycles. The molecule has 0 rings (SSSR count). The Morgan fingerprint density at radius 2 is 0.746 bits per heavy atom. The number of aliphatic carboxylic acids is 1. The molecule has 0 bridgehead atoms. The fourth-order valence-electron chi connectivity index (χ4n) is 9.15. The van der Waals surface area contributed by atoms with Crippen LogP contribution in [0.1, 0.15) is 296 Å². The van der Waals surface area contributed by atoms with Crippen LogP contribution >= 0.6 is 0 Å². The number of ether oxygens (including phenoxy) is 3. The van der Waals surface area contributed by atoms with Crippen LogP contribution in [0.25, 0.3) is 0 Å². The van der Waals surface area contributed by atoms with E-state index in [9.17, 15) is 19.5 Å². The highest BCUT2D eigenvalue weighted by Crippen LogP contribution is 2.18. The van der Waals surface area contributed by atoms with Crippen molar-refractivity contribution < 1.29 is 38.2 Å². The fraction of sp³-hybridized carbons (Fsp3) is 0.915. The molecule has 396 valence electrons. The van der Waals surface area contributed by atoms with E-state index in [-0.39, 0.29) is 36.2 Å². The van der Waals surface area contributed by atoms with Crippen molar-refractivity contribution in [3.63, 3.8) is 0 Å². The van der Waals surface area contributed by atoms with Gasteiger partial charge < -0.3 is 23.8 Å². The molecule has 8 nitrogen and oxygen atoms in total. The monoisotopic (exact) mass is 949 g/mol. The van der Waals surface area contributed by atoms with Crippen LogP contribution < -0.4 is 0 Å². The van der Waals surface area contributed by atoms with E-state index in [1.165, 1.54) is 225 Å². The number of carbonyl (C=O) groups is 3. The van der Waals surface area contributed by atoms with Crippen molar-refractivity contribution in [3.05, 3.63) is 12.2 Å². The fourth-order valence-corrected chi connectivity index (χ4v) is 9.15. The van der Waals surface area contributed by atoms with Crippen molar-refractivity contribution in [2.45, 2.75) is 309 Å². The Morgan fingerprint density at radius 1 is 0.433 bits per heavy atom. The average Bonchev–Trinajstić information content (AvgIpc) is 3.29. The second-order valence-electron chi connectivity index (χ2n) is 21.3. The van der Waals surface area contributed by atoms with Crippen molar-refractivity contribution in [2.75, 3.05) is 41.0 Å². The summed E-state index contributed by atoms with van der Waals surface area (Å²) in [4.78, 5) is 37.3. The van der Waals surface area contributed by atoms with Gasteiger partial charge in [0.2, 0.25) is 0 Å². The van der Waals surface area contributed by atoms with Crippen molar-refractivity contribution >= 4 is 17.9 Å². The lowest BCUT2D eigenvalue weighted by Gasteiger charge is -2.31. The number of likely N-dealkylation sites (N-methyl/N-ethyl adjacent to an activating group) is 1. The number of hydrogen-bond donors (Lipinski definition) is 1. The van der Waals surface area contributed by atoms with Gasteiger partial charge in [-0.1, -0.05) is 251 Å². The standard InChI is InChI=1S/C59H113NO7/c1-6-8-10-12-14-16-18-20-22-24-26-28-29-30-32-34-36-38-40-42-44-46-48-50-58(62)67-55(53-65-52-51-56(59(63)64)60(3,4)5)54-66-57(61)49-47-45-43-41-39-37-35-33-31-27-25-23-21-19-17-15-13-11-9-7-2/h24,26,55-56H,6-23,25,27-54H2,1-5H3/p+1/b26-24-. The Morgan fingerprint density at radius 3 is 1.07 bits per heavy atom. The molecule has 67 heavy (non-hydrogen) atoms. The topological polar surface area (TPSA) is 99.1 Å². The molecular formula is C59H114NO7+. The molecule has 0 aliphatic heterocycles. The van der Waals surface area contributed by atoms with E-state index < -0.39 is 18.1 Å². The Bertz CT molecular complexity index is 1100. The summed E-state index contributed by atoms with van der Waals surface area (Å²) in [6, 6.07) is -0.612. The number of quaternary nitrogens is 1. The van der Waals surface area contributed by atoms with Gasteiger partial charge in [0.1, 0.15) is 6.61 Å². The van der Waals surface area contributed by atoms with Crippen LogP contribution in [0, 0.1) is 0 Å². The number of carboxylic acid groups (broad SMARTS) is 1. The molecule has 0 aliphatic carbocycles. The molecule has 0 fully saturated rings. The van der Waals surface area contributed by atoms with E-state index in [0.29, 0.717) is 19.3 Å². The number of unbranched alkanes of at least 4 members (excludes halogenated alkanes) is 38. The van der Waals surface area contributed by atoms with Crippen molar-refractivity contribution in [2.24, 2.45) is 0 Å². The van der Waals surface area contributed by atoms with Gasteiger partial charge in [-0.2, -0.15) is 0 Å². The third-order valence-corrected chi connectivity index (χ3v) is 13.7. The minimum atomic E-state index is -0.869. The summed E-state index contributed by atoms with van der Waals surface area (Å²) >= 11 is 0. The number of allylic oxidation sites excluding steroid dienone is 2. The van der Waals surface area contributed by atoms with Crippen molar-refractivity contribution in [1.29, 1.82) is 0 Å². The lowest BCUT2D eigenvalue weighted by molar-refractivity contribution is -0.887. The third-order valence-electron chi connectivity index (χ3n) is 13.7. The summed E-state index contributed by atoms with van der Waals surface area (Å²) in [5, 5.41) is 9.68. The molecule has 0 saturated heterocycles. The Labute approximate surface area is 416 Å². The number of carboxylic acids is 1. The third kappa shape index (κ3) is 48.9. The highest BCUT2D eigenvalue weighted by molar-refractivity contribution is 5.72. The maximum Gasteiger partial charge on any atom is 0.362 e. The van der Waals surface area contributed by atoms with Crippen LogP contribution in [0.2, 0.25) is 0 Å². The minimum Gasteiger partial charge on any atom is -0.477 e. The summed E-state index contributed by atoms with van der Waals surface area (Å²) < 4.78 is 17.4. The molecule has 0 aromatic carbocycles. The normalized spacial score (nSPS) is 12.8. The first-order valence-corrected chi connectivity index (χ1v) is 29.2. The van der Waals surface area contributed by atoms with Gasteiger partial charge in [0, 0.05) is 19.3 Å². The molecule has 2 unspecified atom stereocenters. The van der Waals surface area contributed by atoms with Crippen LogP contribution in [0.15, 0.2) is 12.2 Å². The lowest BCUT2D eigenvalue weighted by atomic mass is 10.0. The molecule has 0 radical (unpaired) electrons. The van der Waals surface area contributed by atoms with Gasteiger partial charge in [-0.05, 0) is 38.5 Å². The van der Waals surface area contributed by atoms with Gasteiger partial charge in [-0.15, -0.1) is 0 Å². The van der Waals surface area contributed by atoms with Crippen LogP contribution in [0.5, 0.6) is 0 Å².